The van der Waals surface area contributed by atoms with Crippen LogP contribution in [0.4, 0.5) is 5.69 Å². The lowest BCUT2D eigenvalue weighted by atomic mass is 10.2. The van der Waals surface area contributed by atoms with Crippen LogP contribution in [0, 0.1) is 0 Å². The third-order valence-corrected chi connectivity index (χ3v) is 2.48. The van der Waals surface area contributed by atoms with Crippen molar-refractivity contribution in [3.8, 4) is 0 Å². The number of hydrogen-bond donors (Lipinski definition) is 2. The van der Waals surface area contributed by atoms with Crippen LogP contribution in [0.3, 0.4) is 0 Å². The molecule has 0 fully saturated rings. The van der Waals surface area contributed by atoms with E-state index in [9.17, 15) is 4.79 Å². The van der Waals surface area contributed by atoms with E-state index in [1.807, 2.05) is 30.5 Å². The van der Waals surface area contributed by atoms with Crippen molar-refractivity contribution in [3.63, 3.8) is 0 Å². The maximum Gasteiger partial charge on any atom is 0.252 e. The molecular formula is C13H15N3O2. The van der Waals surface area contributed by atoms with Gasteiger partial charge in [-0.3, -0.25) is 9.48 Å². The van der Waals surface area contributed by atoms with Gasteiger partial charge in [-0.15, -0.1) is 0 Å². The molecule has 0 aliphatic carbocycles. The van der Waals surface area contributed by atoms with Gasteiger partial charge in [0, 0.05) is 18.1 Å². The molecule has 5 nitrogen and oxygen atoms in total. The Bertz CT molecular complexity index is 521. The highest BCUT2D eigenvalue weighted by Crippen LogP contribution is 2.12. The zero-order valence-electron chi connectivity index (χ0n) is 10.1. The molecule has 1 unspecified atom stereocenters. The van der Waals surface area contributed by atoms with Gasteiger partial charge in [-0.1, -0.05) is 12.1 Å². The van der Waals surface area contributed by atoms with E-state index >= 15 is 0 Å². The first-order valence-corrected chi connectivity index (χ1v) is 5.70. The standard InChI is InChI=1S/C13H15N3O2/c1-10(17)13(18)15-12-5-2-4-11(8-12)9-16-7-3-6-14-16/h2-8,10,17H,9H2,1H3,(H,15,18). The number of aliphatic hydroxyl groups excluding tert-OH is 1. The topological polar surface area (TPSA) is 67.2 Å². The number of hydrogen-bond acceptors (Lipinski definition) is 3. The number of benzene rings is 1. The fourth-order valence-electron chi connectivity index (χ4n) is 1.58. The van der Waals surface area contributed by atoms with Crippen LogP contribution in [0.1, 0.15) is 12.5 Å². The van der Waals surface area contributed by atoms with Crippen molar-refractivity contribution < 1.29 is 9.90 Å². The highest BCUT2D eigenvalue weighted by molar-refractivity contribution is 5.93. The van der Waals surface area contributed by atoms with Crippen molar-refractivity contribution in [2.75, 3.05) is 5.32 Å². The molecule has 1 amide bonds. The smallest absolute Gasteiger partial charge is 0.252 e. The lowest BCUT2D eigenvalue weighted by Gasteiger charge is -2.09. The summed E-state index contributed by atoms with van der Waals surface area (Å²) >= 11 is 0. The summed E-state index contributed by atoms with van der Waals surface area (Å²) in [5.74, 6) is -0.411. The molecular weight excluding hydrogens is 230 g/mol. The summed E-state index contributed by atoms with van der Waals surface area (Å²) in [7, 11) is 0. The molecule has 0 saturated carbocycles. The third kappa shape index (κ3) is 3.18. The Morgan fingerprint density at radius 3 is 3.00 bits per heavy atom. The summed E-state index contributed by atoms with van der Waals surface area (Å²) in [5, 5.41) is 15.9. The van der Waals surface area contributed by atoms with Crippen LogP contribution in [0.25, 0.3) is 0 Å². The summed E-state index contributed by atoms with van der Waals surface area (Å²) in [4.78, 5) is 11.4. The van der Waals surface area contributed by atoms with Gasteiger partial charge in [-0.2, -0.15) is 5.10 Å². The summed E-state index contributed by atoms with van der Waals surface area (Å²) in [6, 6.07) is 9.32. The number of nitrogens with zero attached hydrogens (tertiary/aromatic N) is 2. The molecule has 0 aliphatic rings. The first-order valence-electron chi connectivity index (χ1n) is 5.70. The van der Waals surface area contributed by atoms with E-state index in [-0.39, 0.29) is 0 Å². The molecule has 1 heterocycles. The fourth-order valence-corrected chi connectivity index (χ4v) is 1.58. The van der Waals surface area contributed by atoms with E-state index in [0.29, 0.717) is 12.2 Å². The zero-order valence-corrected chi connectivity index (χ0v) is 10.1. The number of rotatable bonds is 4. The quantitative estimate of drug-likeness (QED) is 0.852. The monoisotopic (exact) mass is 245 g/mol. The maximum atomic E-state index is 11.4. The van der Waals surface area contributed by atoms with Gasteiger partial charge in [-0.05, 0) is 30.7 Å². The van der Waals surface area contributed by atoms with Gasteiger partial charge in [0.1, 0.15) is 6.10 Å². The van der Waals surface area contributed by atoms with E-state index in [0.717, 1.165) is 5.56 Å². The average molecular weight is 245 g/mol. The summed E-state index contributed by atoms with van der Waals surface area (Å²) in [6.45, 7) is 2.08. The molecule has 1 atom stereocenters. The molecule has 2 N–H and O–H groups in total. The van der Waals surface area contributed by atoms with E-state index < -0.39 is 12.0 Å². The highest BCUT2D eigenvalue weighted by atomic mass is 16.3. The Kier molecular flexibility index (Phi) is 3.74. The number of amides is 1. The lowest BCUT2D eigenvalue weighted by Crippen LogP contribution is -2.24. The average Bonchev–Trinajstić information content (AvgIpc) is 2.82. The number of carbonyl (C=O) groups excluding carboxylic acids is 1. The second kappa shape index (κ2) is 5.46. The normalized spacial score (nSPS) is 12.1. The fraction of sp³-hybridized carbons (Fsp3) is 0.231. The zero-order chi connectivity index (χ0) is 13.0. The van der Waals surface area contributed by atoms with Crippen LogP contribution in [0.5, 0.6) is 0 Å². The van der Waals surface area contributed by atoms with Crippen LogP contribution in [-0.4, -0.2) is 26.9 Å². The first-order chi connectivity index (χ1) is 8.65. The predicted octanol–water partition coefficient (Wildman–Crippen LogP) is 1.25. The Balaban J connectivity index is 2.08. The Morgan fingerprint density at radius 1 is 1.50 bits per heavy atom. The first kappa shape index (κ1) is 12.3. The van der Waals surface area contributed by atoms with Crippen LogP contribution in [-0.2, 0) is 11.3 Å². The van der Waals surface area contributed by atoms with Crippen LogP contribution in [0.2, 0.25) is 0 Å². The predicted molar refractivity (Wildman–Crippen MR) is 68.1 cm³/mol. The van der Waals surface area contributed by atoms with Crippen molar-refractivity contribution in [1.82, 2.24) is 9.78 Å². The number of aliphatic hydroxyl groups is 1. The van der Waals surface area contributed by atoms with Gasteiger partial charge in [0.05, 0.1) is 6.54 Å². The molecule has 1 aromatic heterocycles. The van der Waals surface area contributed by atoms with Gasteiger partial charge >= 0.3 is 0 Å². The van der Waals surface area contributed by atoms with Gasteiger partial charge in [0.15, 0.2) is 0 Å². The molecule has 2 rings (SSSR count). The number of anilines is 1. The molecule has 5 heteroatoms. The Labute approximate surface area is 105 Å². The molecule has 0 bridgehead atoms. The van der Waals surface area contributed by atoms with Crippen LogP contribution < -0.4 is 5.32 Å². The van der Waals surface area contributed by atoms with Crippen molar-refractivity contribution in [1.29, 1.82) is 0 Å². The molecule has 2 aromatic rings. The minimum absolute atomic E-state index is 0.411. The lowest BCUT2D eigenvalue weighted by molar-refractivity contribution is -0.123. The van der Waals surface area contributed by atoms with Crippen molar-refractivity contribution in [3.05, 3.63) is 48.3 Å². The highest BCUT2D eigenvalue weighted by Gasteiger charge is 2.08. The number of carbonyl (C=O) groups is 1. The van der Waals surface area contributed by atoms with Crippen molar-refractivity contribution in [2.45, 2.75) is 19.6 Å². The Morgan fingerprint density at radius 2 is 2.33 bits per heavy atom. The van der Waals surface area contributed by atoms with Crippen LogP contribution >= 0.6 is 0 Å². The van der Waals surface area contributed by atoms with Crippen molar-refractivity contribution in [2.24, 2.45) is 0 Å². The SMILES string of the molecule is CC(O)C(=O)Nc1cccc(Cn2cccn2)c1. The summed E-state index contributed by atoms with van der Waals surface area (Å²) in [5.41, 5.74) is 1.70. The molecule has 0 aliphatic heterocycles. The maximum absolute atomic E-state index is 11.4. The Hall–Kier alpha value is -2.14. The number of aromatic nitrogens is 2. The summed E-state index contributed by atoms with van der Waals surface area (Å²) < 4.78 is 1.80. The second-order valence-electron chi connectivity index (χ2n) is 4.07. The van der Waals surface area contributed by atoms with Crippen LogP contribution in [0.15, 0.2) is 42.7 Å². The molecule has 0 saturated heterocycles. The van der Waals surface area contributed by atoms with E-state index in [1.54, 1.807) is 16.9 Å². The molecule has 0 spiro atoms. The molecule has 94 valence electrons. The summed E-state index contributed by atoms with van der Waals surface area (Å²) in [6.07, 6.45) is 2.58. The van der Waals surface area contributed by atoms with Gasteiger partial charge < -0.3 is 10.4 Å². The molecule has 0 radical (unpaired) electrons. The van der Waals surface area contributed by atoms with Crippen molar-refractivity contribution >= 4 is 11.6 Å². The molecule has 1 aromatic carbocycles. The number of nitrogens with one attached hydrogen (secondary N) is 1. The van der Waals surface area contributed by atoms with Gasteiger partial charge in [-0.25, -0.2) is 0 Å². The minimum Gasteiger partial charge on any atom is -0.384 e. The van der Waals surface area contributed by atoms with E-state index in [2.05, 4.69) is 10.4 Å². The minimum atomic E-state index is -1.01. The largest absolute Gasteiger partial charge is 0.384 e. The van der Waals surface area contributed by atoms with Gasteiger partial charge in [0.25, 0.3) is 5.91 Å². The second-order valence-corrected chi connectivity index (χ2v) is 4.07. The third-order valence-electron chi connectivity index (χ3n) is 2.48. The van der Waals surface area contributed by atoms with E-state index in [1.165, 1.54) is 6.92 Å². The molecule has 18 heavy (non-hydrogen) atoms. The van der Waals surface area contributed by atoms with E-state index in [4.69, 9.17) is 5.11 Å². The van der Waals surface area contributed by atoms with Gasteiger partial charge in [0.2, 0.25) is 0 Å².